The number of aromatic nitrogens is 2. The maximum Gasteiger partial charge on any atom is 0.573 e. The molecule has 0 saturated carbocycles. The van der Waals surface area contributed by atoms with Crippen LogP contribution in [0.5, 0.6) is 5.75 Å². The van der Waals surface area contributed by atoms with Crippen LogP contribution in [0.15, 0.2) is 48.5 Å². The number of aliphatic hydroxyl groups excluding tert-OH is 1. The zero-order valence-electron chi connectivity index (χ0n) is 18.2. The first-order valence-electron chi connectivity index (χ1n) is 10.2. The van der Waals surface area contributed by atoms with Crippen LogP contribution in [0.25, 0.3) is 11.3 Å². The molecule has 0 saturated heterocycles. The molecular weight excluding hydrogens is 440 g/mol. The average Bonchev–Trinajstić information content (AvgIpc) is 2.73. The number of anilines is 3. The summed E-state index contributed by atoms with van der Waals surface area (Å²) < 4.78 is 55.6. The predicted octanol–water partition coefficient (Wildman–Crippen LogP) is 5.66. The number of halogens is 4. The van der Waals surface area contributed by atoms with Crippen LogP contribution < -0.4 is 15.4 Å². The van der Waals surface area contributed by atoms with E-state index in [-0.39, 0.29) is 36.1 Å². The molecule has 3 aromatic rings. The highest BCUT2D eigenvalue weighted by Gasteiger charge is 2.31. The van der Waals surface area contributed by atoms with E-state index < -0.39 is 6.36 Å². The third-order valence-corrected chi connectivity index (χ3v) is 4.84. The molecule has 10 heteroatoms. The third kappa shape index (κ3) is 6.79. The van der Waals surface area contributed by atoms with Crippen LogP contribution >= 0.6 is 0 Å². The minimum absolute atomic E-state index is 0.0573. The quantitative estimate of drug-likeness (QED) is 0.373. The lowest BCUT2D eigenvalue weighted by molar-refractivity contribution is -0.274. The second-order valence-corrected chi connectivity index (χ2v) is 7.80. The number of nitrogens with one attached hydrogen (secondary N) is 2. The summed E-state index contributed by atoms with van der Waals surface area (Å²) in [6.07, 6.45) is -4.82. The molecule has 1 aromatic heterocycles. The summed E-state index contributed by atoms with van der Waals surface area (Å²) in [6, 6.07) is 11.1. The first-order chi connectivity index (χ1) is 15.5. The van der Waals surface area contributed by atoms with Crippen LogP contribution in [0, 0.1) is 18.7 Å². The van der Waals surface area contributed by atoms with Crippen LogP contribution in [0.4, 0.5) is 35.0 Å². The molecule has 2 aromatic carbocycles. The van der Waals surface area contributed by atoms with Gasteiger partial charge in [-0.2, -0.15) is 4.98 Å². The summed E-state index contributed by atoms with van der Waals surface area (Å²) in [7, 11) is 0. The molecule has 0 fully saturated rings. The van der Waals surface area contributed by atoms with Gasteiger partial charge in [-0.25, -0.2) is 9.37 Å². The fourth-order valence-corrected chi connectivity index (χ4v) is 3.04. The van der Waals surface area contributed by atoms with E-state index in [0.29, 0.717) is 28.3 Å². The van der Waals surface area contributed by atoms with Gasteiger partial charge in [0.2, 0.25) is 5.95 Å². The Bertz CT molecular complexity index is 1110. The van der Waals surface area contributed by atoms with Gasteiger partial charge in [0.05, 0.1) is 18.3 Å². The van der Waals surface area contributed by atoms with Crippen LogP contribution in [0.3, 0.4) is 0 Å². The lowest BCUT2D eigenvalue weighted by Gasteiger charge is -2.21. The first kappa shape index (κ1) is 24.2. The van der Waals surface area contributed by atoms with Crippen molar-refractivity contribution in [3.63, 3.8) is 0 Å². The molecule has 0 aliphatic heterocycles. The van der Waals surface area contributed by atoms with Crippen molar-refractivity contribution in [2.24, 2.45) is 5.92 Å². The van der Waals surface area contributed by atoms with Gasteiger partial charge in [0.15, 0.2) is 0 Å². The highest BCUT2D eigenvalue weighted by atomic mass is 19.4. The second kappa shape index (κ2) is 10.0. The van der Waals surface area contributed by atoms with Crippen LogP contribution in [0.2, 0.25) is 0 Å². The van der Waals surface area contributed by atoms with Crippen molar-refractivity contribution < 1.29 is 27.4 Å². The lowest BCUT2D eigenvalue weighted by atomic mass is 10.1. The molecule has 1 atom stereocenters. The van der Waals surface area contributed by atoms with Gasteiger partial charge in [0.25, 0.3) is 0 Å². The fourth-order valence-electron chi connectivity index (χ4n) is 3.04. The van der Waals surface area contributed by atoms with Gasteiger partial charge in [-0.05, 0) is 48.7 Å². The van der Waals surface area contributed by atoms with E-state index in [9.17, 15) is 22.7 Å². The highest BCUT2D eigenvalue weighted by Crippen LogP contribution is 2.30. The van der Waals surface area contributed by atoms with E-state index in [1.54, 1.807) is 31.2 Å². The Morgan fingerprint density at radius 3 is 2.45 bits per heavy atom. The van der Waals surface area contributed by atoms with Crippen LogP contribution in [0.1, 0.15) is 19.4 Å². The van der Waals surface area contributed by atoms with E-state index >= 15 is 0 Å². The molecule has 0 aliphatic rings. The summed E-state index contributed by atoms with van der Waals surface area (Å²) in [6.45, 7) is 5.28. The zero-order chi connectivity index (χ0) is 24.2. The topological polar surface area (TPSA) is 79.3 Å². The summed E-state index contributed by atoms with van der Waals surface area (Å²) in [5.41, 5.74) is 1.69. The Balaban J connectivity index is 2.01. The van der Waals surface area contributed by atoms with Gasteiger partial charge in [0, 0.05) is 17.3 Å². The molecule has 33 heavy (non-hydrogen) atoms. The number of ether oxygens (including phenoxy) is 1. The number of hydrogen-bond donors (Lipinski definition) is 3. The molecule has 0 spiro atoms. The van der Waals surface area contributed by atoms with Crippen LogP contribution in [-0.4, -0.2) is 34.1 Å². The summed E-state index contributed by atoms with van der Waals surface area (Å²) >= 11 is 0. The SMILES string of the molecule is Cc1cc(Nc2cc(-c3cccc(OC(F)(F)F)c3)nc(N[C@@H](CO)C(C)C)n2)ccc1F. The van der Waals surface area contributed by atoms with Gasteiger partial charge in [-0.1, -0.05) is 26.0 Å². The number of benzene rings is 2. The molecular formula is C23H24F4N4O2. The maximum absolute atomic E-state index is 13.6. The standard InChI is InChI=1S/C23H24F4N4O2/c1-13(2)20(12-32)30-22-29-19(15-5-4-6-17(10-15)33-23(25,26)27)11-21(31-22)28-16-7-8-18(24)14(3)9-16/h4-11,13,20,32H,12H2,1-3H3,(H2,28,29,30,31)/t20-/m0/s1. The van der Waals surface area contributed by atoms with E-state index in [4.69, 9.17) is 0 Å². The minimum atomic E-state index is -4.82. The molecule has 3 rings (SSSR count). The summed E-state index contributed by atoms with van der Waals surface area (Å²) in [5, 5.41) is 15.8. The molecule has 176 valence electrons. The van der Waals surface area contributed by atoms with Crippen molar-refractivity contribution in [1.82, 2.24) is 9.97 Å². The normalized spacial score (nSPS) is 12.5. The molecule has 0 unspecified atom stereocenters. The second-order valence-electron chi connectivity index (χ2n) is 7.80. The van der Waals surface area contributed by atoms with Crippen molar-refractivity contribution >= 4 is 17.5 Å². The number of aryl methyl sites for hydroxylation is 1. The van der Waals surface area contributed by atoms with E-state index in [2.05, 4.69) is 25.3 Å². The third-order valence-electron chi connectivity index (χ3n) is 4.84. The van der Waals surface area contributed by atoms with Crippen molar-refractivity contribution in [2.45, 2.75) is 33.2 Å². The smallest absolute Gasteiger partial charge is 0.406 e. The van der Waals surface area contributed by atoms with Gasteiger partial charge >= 0.3 is 6.36 Å². The molecule has 0 bridgehead atoms. The molecule has 0 amide bonds. The number of aliphatic hydroxyl groups is 1. The molecule has 0 aliphatic carbocycles. The number of alkyl halides is 3. The zero-order valence-corrected chi connectivity index (χ0v) is 18.2. The number of nitrogens with zero attached hydrogens (tertiary/aromatic N) is 2. The van der Waals surface area contributed by atoms with Crippen LogP contribution in [-0.2, 0) is 0 Å². The molecule has 0 radical (unpaired) electrons. The Morgan fingerprint density at radius 1 is 1.06 bits per heavy atom. The first-order valence-corrected chi connectivity index (χ1v) is 10.2. The van der Waals surface area contributed by atoms with Gasteiger partial charge in [0.1, 0.15) is 17.4 Å². The molecule has 6 nitrogen and oxygen atoms in total. The van der Waals surface area contributed by atoms with Crippen molar-refractivity contribution in [2.75, 3.05) is 17.2 Å². The highest BCUT2D eigenvalue weighted by molar-refractivity contribution is 5.68. The molecule has 3 N–H and O–H groups in total. The Morgan fingerprint density at radius 2 is 1.82 bits per heavy atom. The van der Waals surface area contributed by atoms with Crippen molar-refractivity contribution in [3.05, 3.63) is 59.9 Å². The molecule has 1 heterocycles. The van der Waals surface area contributed by atoms with E-state index in [0.717, 1.165) is 0 Å². The number of hydrogen-bond acceptors (Lipinski definition) is 6. The Hall–Kier alpha value is -3.40. The van der Waals surface area contributed by atoms with Crippen molar-refractivity contribution in [1.29, 1.82) is 0 Å². The largest absolute Gasteiger partial charge is 0.573 e. The van der Waals surface area contributed by atoms with E-state index in [1.165, 1.54) is 24.3 Å². The lowest BCUT2D eigenvalue weighted by Crippen LogP contribution is -2.30. The van der Waals surface area contributed by atoms with Gasteiger partial charge in [-0.3, -0.25) is 0 Å². The van der Waals surface area contributed by atoms with Gasteiger partial charge in [-0.15, -0.1) is 13.2 Å². The Kier molecular flexibility index (Phi) is 7.37. The summed E-state index contributed by atoms with van der Waals surface area (Å²) in [5.74, 6) is -0.176. The van der Waals surface area contributed by atoms with Gasteiger partial charge < -0.3 is 20.5 Å². The Labute approximate surface area is 188 Å². The van der Waals surface area contributed by atoms with E-state index in [1.807, 2.05) is 13.8 Å². The minimum Gasteiger partial charge on any atom is -0.406 e. The predicted molar refractivity (Wildman–Crippen MR) is 118 cm³/mol. The monoisotopic (exact) mass is 464 g/mol. The average molecular weight is 464 g/mol. The van der Waals surface area contributed by atoms with Crippen molar-refractivity contribution in [3.8, 4) is 17.0 Å². The fraction of sp³-hybridized carbons (Fsp3) is 0.304. The maximum atomic E-state index is 13.6. The number of rotatable bonds is 8. The summed E-state index contributed by atoms with van der Waals surface area (Å²) in [4.78, 5) is 8.82.